The summed E-state index contributed by atoms with van der Waals surface area (Å²) < 4.78 is 5.26. The van der Waals surface area contributed by atoms with Crippen molar-refractivity contribution in [2.45, 2.75) is 24.9 Å². The number of anilines is 1. The Bertz CT molecular complexity index is 466. The number of nitrogens with one attached hydrogen (secondary N) is 1. The predicted octanol–water partition coefficient (Wildman–Crippen LogP) is 1.65. The quantitative estimate of drug-likeness (QED) is 0.866. The molecular formula is C14H20N2O3. The van der Waals surface area contributed by atoms with Crippen molar-refractivity contribution >= 4 is 11.7 Å². The van der Waals surface area contributed by atoms with E-state index in [2.05, 4.69) is 10.2 Å². The number of hydrogen-bond acceptors (Lipinski definition) is 4. The number of likely N-dealkylation sites (tertiary alicyclic amines) is 1. The number of carbonyl (C=O) groups is 1. The van der Waals surface area contributed by atoms with Gasteiger partial charge in [-0.05, 0) is 32.5 Å². The highest BCUT2D eigenvalue weighted by Gasteiger charge is 2.47. The first-order chi connectivity index (χ1) is 8.98. The zero-order valence-electron chi connectivity index (χ0n) is 11.5. The number of hydrogen-bond donors (Lipinski definition) is 2. The molecule has 5 nitrogen and oxygen atoms in total. The first kappa shape index (κ1) is 13.7. The van der Waals surface area contributed by atoms with Gasteiger partial charge in [0.25, 0.3) is 0 Å². The Morgan fingerprint density at radius 1 is 1.53 bits per heavy atom. The topological polar surface area (TPSA) is 61.8 Å². The van der Waals surface area contributed by atoms with Crippen molar-refractivity contribution in [3.8, 4) is 5.75 Å². The highest BCUT2D eigenvalue weighted by molar-refractivity contribution is 5.84. The molecule has 0 radical (unpaired) electrons. The first-order valence-corrected chi connectivity index (χ1v) is 6.33. The van der Waals surface area contributed by atoms with Gasteiger partial charge in [-0.2, -0.15) is 0 Å². The van der Waals surface area contributed by atoms with Crippen LogP contribution in [-0.2, 0) is 4.79 Å². The lowest BCUT2D eigenvalue weighted by atomic mass is 9.96. The van der Waals surface area contributed by atoms with Crippen LogP contribution in [0.5, 0.6) is 5.75 Å². The van der Waals surface area contributed by atoms with Crippen molar-refractivity contribution in [3.05, 3.63) is 24.3 Å². The molecule has 104 valence electrons. The number of nitrogens with zero attached hydrogens (tertiary/aromatic N) is 1. The Morgan fingerprint density at radius 3 is 2.74 bits per heavy atom. The van der Waals surface area contributed by atoms with Gasteiger partial charge < -0.3 is 20.1 Å². The van der Waals surface area contributed by atoms with Crippen molar-refractivity contribution in [3.63, 3.8) is 0 Å². The lowest BCUT2D eigenvalue weighted by Gasteiger charge is -2.27. The third-order valence-electron chi connectivity index (χ3n) is 3.81. The summed E-state index contributed by atoms with van der Waals surface area (Å²) in [7, 11) is 3.52. The molecule has 2 rings (SSSR count). The summed E-state index contributed by atoms with van der Waals surface area (Å²) in [5.74, 6) is -0.167. The molecule has 2 unspecified atom stereocenters. The van der Waals surface area contributed by atoms with Crippen LogP contribution in [-0.4, -0.2) is 48.3 Å². The van der Waals surface area contributed by atoms with E-state index in [-0.39, 0.29) is 6.04 Å². The minimum absolute atomic E-state index is 0.235. The molecule has 1 aliphatic rings. The second kappa shape index (κ2) is 5.09. The fourth-order valence-corrected chi connectivity index (χ4v) is 2.61. The smallest absolute Gasteiger partial charge is 0.330 e. The molecule has 2 atom stereocenters. The number of methoxy groups -OCH3 is 1. The molecule has 1 aromatic rings. The Kier molecular flexibility index (Phi) is 3.66. The lowest BCUT2D eigenvalue weighted by molar-refractivity contribution is -0.141. The summed E-state index contributed by atoms with van der Waals surface area (Å²) in [6, 6.07) is 7.62. The molecule has 1 aliphatic heterocycles. The van der Waals surface area contributed by atoms with Gasteiger partial charge in [-0.3, -0.25) is 0 Å². The molecule has 1 saturated heterocycles. The zero-order valence-corrected chi connectivity index (χ0v) is 11.5. The number of carboxylic acids is 1. The Balaban J connectivity index is 2.30. The van der Waals surface area contributed by atoms with Gasteiger partial charge in [-0.1, -0.05) is 12.1 Å². The normalized spacial score (nSPS) is 27.2. The first-order valence-electron chi connectivity index (χ1n) is 6.33. The second-order valence-electron chi connectivity index (χ2n) is 5.18. The van der Waals surface area contributed by atoms with Gasteiger partial charge in [0.2, 0.25) is 0 Å². The molecule has 5 heteroatoms. The highest BCUT2D eigenvalue weighted by atomic mass is 16.5. The molecule has 0 aromatic heterocycles. The van der Waals surface area contributed by atoms with E-state index in [0.29, 0.717) is 18.7 Å². The van der Waals surface area contributed by atoms with Crippen LogP contribution in [0.1, 0.15) is 13.3 Å². The van der Waals surface area contributed by atoms with Gasteiger partial charge in [-0.15, -0.1) is 0 Å². The van der Waals surface area contributed by atoms with Crippen molar-refractivity contribution in [1.29, 1.82) is 0 Å². The average molecular weight is 264 g/mol. The summed E-state index contributed by atoms with van der Waals surface area (Å²) >= 11 is 0. The standard InChI is InChI=1S/C14H20N2O3/c1-10-8-14(13(17)18,9-16(10)2)15-11-6-4-5-7-12(11)19-3/h4-7,10,15H,8-9H2,1-3H3,(H,17,18). The minimum atomic E-state index is -0.956. The van der Waals surface area contributed by atoms with E-state index in [4.69, 9.17) is 4.74 Å². The van der Waals surface area contributed by atoms with Gasteiger partial charge in [0, 0.05) is 12.6 Å². The Labute approximate surface area is 113 Å². The molecule has 1 heterocycles. The maximum atomic E-state index is 11.7. The summed E-state index contributed by atoms with van der Waals surface area (Å²) in [6.07, 6.45) is 0.566. The van der Waals surface area contributed by atoms with Gasteiger partial charge in [0.05, 0.1) is 12.8 Å². The molecule has 0 amide bonds. The number of carboxylic acid groups (broad SMARTS) is 1. The van der Waals surface area contributed by atoms with Gasteiger partial charge in [-0.25, -0.2) is 4.79 Å². The van der Waals surface area contributed by atoms with Gasteiger partial charge >= 0.3 is 5.97 Å². The molecule has 1 fully saturated rings. The largest absolute Gasteiger partial charge is 0.495 e. The maximum Gasteiger partial charge on any atom is 0.330 e. The van der Waals surface area contributed by atoms with E-state index < -0.39 is 11.5 Å². The van der Waals surface area contributed by atoms with Crippen LogP contribution < -0.4 is 10.1 Å². The van der Waals surface area contributed by atoms with E-state index in [1.807, 2.05) is 38.2 Å². The second-order valence-corrected chi connectivity index (χ2v) is 5.18. The SMILES string of the molecule is COc1ccccc1NC1(C(=O)O)CC(C)N(C)C1. The maximum absolute atomic E-state index is 11.7. The summed E-state index contributed by atoms with van der Waals surface area (Å²) in [6.45, 7) is 2.51. The number of rotatable bonds is 4. The van der Waals surface area contributed by atoms with Crippen molar-refractivity contribution in [2.24, 2.45) is 0 Å². The summed E-state index contributed by atoms with van der Waals surface area (Å²) in [4.78, 5) is 13.7. The Hall–Kier alpha value is -1.75. The van der Waals surface area contributed by atoms with Crippen molar-refractivity contribution in [1.82, 2.24) is 4.90 Å². The Morgan fingerprint density at radius 2 is 2.21 bits per heavy atom. The van der Waals surface area contributed by atoms with E-state index in [1.165, 1.54) is 0 Å². The number of para-hydroxylation sites is 2. The van der Waals surface area contributed by atoms with Crippen LogP contribution in [0.2, 0.25) is 0 Å². The number of likely N-dealkylation sites (N-methyl/N-ethyl adjacent to an activating group) is 1. The van der Waals surface area contributed by atoms with Crippen molar-refractivity contribution < 1.29 is 14.6 Å². The lowest BCUT2D eigenvalue weighted by Crippen LogP contribution is -2.48. The molecule has 0 spiro atoms. The average Bonchev–Trinajstić information content (AvgIpc) is 2.66. The summed E-state index contributed by atoms with van der Waals surface area (Å²) in [5, 5.41) is 12.8. The van der Waals surface area contributed by atoms with E-state index in [0.717, 1.165) is 5.69 Å². The van der Waals surface area contributed by atoms with Crippen LogP contribution >= 0.6 is 0 Å². The fourth-order valence-electron chi connectivity index (χ4n) is 2.61. The molecule has 19 heavy (non-hydrogen) atoms. The molecule has 0 bridgehead atoms. The predicted molar refractivity (Wildman–Crippen MR) is 73.7 cm³/mol. The molecule has 2 N–H and O–H groups in total. The van der Waals surface area contributed by atoms with Gasteiger partial charge in [0.1, 0.15) is 11.3 Å². The van der Waals surface area contributed by atoms with Gasteiger partial charge in [0.15, 0.2) is 0 Å². The number of benzene rings is 1. The molecular weight excluding hydrogens is 244 g/mol. The van der Waals surface area contributed by atoms with Crippen molar-refractivity contribution in [2.75, 3.05) is 26.0 Å². The monoisotopic (exact) mass is 264 g/mol. The van der Waals surface area contributed by atoms with Crippen LogP contribution in [0.3, 0.4) is 0 Å². The number of aliphatic carboxylic acids is 1. The highest BCUT2D eigenvalue weighted by Crippen LogP contribution is 2.33. The fraction of sp³-hybridized carbons (Fsp3) is 0.500. The van der Waals surface area contributed by atoms with E-state index >= 15 is 0 Å². The van der Waals surface area contributed by atoms with Crippen LogP contribution in [0.4, 0.5) is 5.69 Å². The minimum Gasteiger partial charge on any atom is -0.495 e. The van der Waals surface area contributed by atoms with E-state index in [1.54, 1.807) is 7.11 Å². The molecule has 0 aliphatic carbocycles. The summed E-state index contributed by atoms with van der Waals surface area (Å²) in [5.41, 5.74) is -0.238. The molecule has 1 aromatic carbocycles. The van der Waals surface area contributed by atoms with Crippen LogP contribution in [0, 0.1) is 0 Å². The van der Waals surface area contributed by atoms with E-state index in [9.17, 15) is 9.90 Å². The van der Waals surface area contributed by atoms with Crippen LogP contribution in [0.15, 0.2) is 24.3 Å². The van der Waals surface area contributed by atoms with Crippen LogP contribution in [0.25, 0.3) is 0 Å². The zero-order chi connectivity index (χ0) is 14.0. The molecule has 0 saturated carbocycles. The number of ether oxygens (including phenoxy) is 1. The third-order valence-corrected chi connectivity index (χ3v) is 3.81. The third kappa shape index (κ3) is 2.51.